The summed E-state index contributed by atoms with van der Waals surface area (Å²) in [6, 6.07) is 7.70. The van der Waals surface area contributed by atoms with Crippen LogP contribution in [-0.4, -0.2) is 28.1 Å². The number of carbonyl (C=O) groups is 1. The Hall–Kier alpha value is -2.14. The quantitative estimate of drug-likeness (QED) is 0.785. The summed E-state index contributed by atoms with van der Waals surface area (Å²) in [6.07, 6.45) is 0.591. The molecule has 118 valence electrons. The van der Waals surface area contributed by atoms with Crippen LogP contribution in [-0.2, 0) is 11.2 Å². The predicted octanol–water partition coefficient (Wildman–Crippen LogP) is 1.66. The van der Waals surface area contributed by atoms with Crippen LogP contribution in [0.15, 0.2) is 29.1 Å². The molecule has 0 spiro atoms. The zero-order chi connectivity index (χ0) is 16.3. The molecular weight excluding hydrogens is 280 g/mol. The van der Waals surface area contributed by atoms with E-state index in [-0.39, 0.29) is 24.4 Å². The average molecular weight is 302 g/mol. The third-order valence-corrected chi connectivity index (χ3v) is 3.42. The summed E-state index contributed by atoms with van der Waals surface area (Å²) in [5.41, 5.74) is 1.39. The third kappa shape index (κ3) is 4.43. The Balaban J connectivity index is 2.05. The molecule has 3 N–H and O–H groups in total. The largest absolute Gasteiger partial charge is 0.389 e. The molecule has 1 aromatic carbocycles. The van der Waals surface area contributed by atoms with Gasteiger partial charge in [-0.2, -0.15) is 0 Å². The van der Waals surface area contributed by atoms with Crippen LogP contribution in [0.3, 0.4) is 0 Å². The number of H-pyrrole nitrogens is 1. The molecule has 1 aromatic heterocycles. The average Bonchev–Trinajstić information content (AvgIpc) is 2.42. The van der Waals surface area contributed by atoms with E-state index in [9.17, 15) is 14.7 Å². The maximum absolute atomic E-state index is 12.0. The van der Waals surface area contributed by atoms with Crippen LogP contribution in [0, 0.1) is 6.92 Å². The second-order valence-corrected chi connectivity index (χ2v) is 6.30. The molecule has 1 heterocycles. The molecule has 0 saturated heterocycles. The van der Waals surface area contributed by atoms with Crippen LogP contribution in [0.4, 0.5) is 0 Å². The van der Waals surface area contributed by atoms with E-state index in [0.29, 0.717) is 12.0 Å². The van der Waals surface area contributed by atoms with E-state index >= 15 is 0 Å². The molecule has 0 saturated carbocycles. The van der Waals surface area contributed by atoms with Gasteiger partial charge in [-0.05, 0) is 50.3 Å². The normalized spacial score (nSPS) is 11.6. The van der Waals surface area contributed by atoms with E-state index in [2.05, 4.69) is 10.3 Å². The molecule has 1 amide bonds. The van der Waals surface area contributed by atoms with Crippen molar-refractivity contribution in [1.82, 2.24) is 10.3 Å². The Bertz CT molecular complexity index is 742. The molecule has 0 unspecified atom stereocenters. The van der Waals surface area contributed by atoms with Crippen molar-refractivity contribution in [3.05, 3.63) is 45.7 Å². The van der Waals surface area contributed by atoms with Crippen LogP contribution >= 0.6 is 0 Å². The van der Waals surface area contributed by atoms with Crippen molar-refractivity contribution < 1.29 is 9.90 Å². The van der Waals surface area contributed by atoms with Gasteiger partial charge in [0.2, 0.25) is 5.91 Å². The number of aromatic amines is 1. The Morgan fingerprint density at radius 1 is 1.32 bits per heavy atom. The smallest absolute Gasteiger partial charge is 0.251 e. The minimum atomic E-state index is -0.937. The molecule has 2 rings (SSSR count). The lowest BCUT2D eigenvalue weighted by Gasteiger charge is -2.17. The van der Waals surface area contributed by atoms with Crippen molar-refractivity contribution in [2.24, 2.45) is 0 Å². The zero-order valence-corrected chi connectivity index (χ0v) is 13.2. The summed E-state index contributed by atoms with van der Waals surface area (Å²) in [5, 5.41) is 13.2. The van der Waals surface area contributed by atoms with Crippen LogP contribution in [0.2, 0.25) is 0 Å². The fraction of sp³-hybridized carbons (Fsp3) is 0.412. The highest BCUT2D eigenvalue weighted by Gasteiger charge is 2.14. The number of fused-ring (bicyclic) bond motifs is 1. The van der Waals surface area contributed by atoms with Gasteiger partial charge >= 0.3 is 0 Å². The lowest BCUT2D eigenvalue weighted by molar-refractivity contribution is -0.122. The van der Waals surface area contributed by atoms with Crippen molar-refractivity contribution in [2.45, 2.75) is 39.2 Å². The Labute approximate surface area is 129 Å². The lowest BCUT2D eigenvalue weighted by atomic mass is 10.1. The fourth-order valence-electron chi connectivity index (χ4n) is 2.20. The van der Waals surface area contributed by atoms with Gasteiger partial charge in [0.25, 0.3) is 5.56 Å². The number of amides is 1. The van der Waals surface area contributed by atoms with E-state index in [0.717, 1.165) is 16.5 Å². The lowest BCUT2D eigenvalue weighted by Crippen LogP contribution is -2.38. The molecule has 22 heavy (non-hydrogen) atoms. The number of benzene rings is 1. The van der Waals surface area contributed by atoms with E-state index in [1.807, 2.05) is 31.2 Å². The number of aryl methyl sites for hydroxylation is 2. The van der Waals surface area contributed by atoms with Crippen LogP contribution in [0.5, 0.6) is 0 Å². The number of hydrogen-bond acceptors (Lipinski definition) is 3. The van der Waals surface area contributed by atoms with Gasteiger partial charge in [-0.3, -0.25) is 9.59 Å². The summed E-state index contributed by atoms with van der Waals surface area (Å²) in [7, 11) is 0. The summed E-state index contributed by atoms with van der Waals surface area (Å²) >= 11 is 0. The van der Waals surface area contributed by atoms with Crippen molar-refractivity contribution in [2.75, 3.05) is 6.54 Å². The number of hydrogen-bond donors (Lipinski definition) is 3. The van der Waals surface area contributed by atoms with Crippen molar-refractivity contribution in [3.8, 4) is 0 Å². The molecule has 0 aliphatic carbocycles. The number of aliphatic hydroxyl groups is 1. The topological polar surface area (TPSA) is 82.2 Å². The zero-order valence-electron chi connectivity index (χ0n) is 13.2. The Morgan fingerprint density at radius 3 is 2.73 bits per heavy atom. The maximum atomic E-state index is 12.0. The van der Waals surface area contributed by atoms with Crippen LogP contribution in [0.1, 0.15) is 31.4 Å². The van der Waals surface area contributed by atoms with Gasteiger partial charge in [-0.1, -0.05) is 12.1 Å². The van der Waals surface area contributed by atoms with E-state index < -0.39 is 5.60 Å². The molecule has 0 aliphatic heterocycles. The van der Waals surface area contributed by atoms with Gasteiger partial charge in [-0.25, -0.2) is 0 Å². The van der Waals surface area contributed by atoms with Gasteiger partial charge < -0.3 is 15.4 Å². The first-order valence-electron chi connectivity index (χ1n) is 7.36. The molecule has 5 heteroatoms. The Morgan fingerprint density at radius 2 is 2.05 bits per heavy atom. The van der Waals surface area contributed by atoms with Gasteiger partial charge in [0.1, 0.15) is 0 Å². The monoisotopic (exact) mass is 302 g/mol. The third-order valence-electron chi connectivity index (χ3n) is 3.42. The second-order valence-electron chi connectivity index (χ2n) is 6.30. The molecular formula is C17H22N2O3. The van der Waals surface area contributed by atoms with Crippen molar-refractivity contribution in [1.29, 1.82) is 0 Å². The highest BCUT2D eigenvalue weighted by molar-refractivity contribution is 5.80. The minimum Gasteiger partial charge on any atom is -0.389 e. The fourth-order valence-corrected chi connectivity index (χ4v) is 2.20. The first-order chi connectivity index (χ1) is 10.2. The summed E-state index contributed by atoms with van der Waals surface area (Å²) in [5.74, 6) is -0.175. The van der Waals surface area contributed by atoms with Gasteiger partial charge in [0.05, 0.1) is 5.60 Å². The van der Waals surface area contributed by atoms with E-state index in [4.69, 9.17) is 0 Å². The van der Waals surface area contributed by atoms with E-state index in [1.165, 1.54) is 0 Å². The molecule has 0 atom stereocenters. The van der Waals surface area contributed by atoms with Crippen molar-refractivity contribution in [3.63, 3.8) is 0 Å². The number of nitrogens with one attached hydrogen (secondary N) is 2. The van der Waals surface area contributed by atoms with E-state index in [1.54, 1.807) is 13.8 Å². The van der Waals surface area contributed by atoms with Gasteiger partial charge in [0, 0.05) is 24.0 Å². The molecule has 0 radical (unpaired) electrons. The highest BCUT2D eigenvalue weighted by atomic mass is 16.3. The van der Waals surface area contributed by atoms with Crippen LogP contribution in [0.25, 0.3) is 10.9 Å². The first kappa shape index (κ1) is 16.2. The first-order valence-corrected chi connectivity index (χ1v) is 7.36. The number of aromatic nitrogens is 1. The summed E-state index contributed by atoms with van der Waals surface area (Å²) in [4.78, 5) is 26.6. The predicted molar refractivity (Wildman–Crippen MR) is 86.9 cm³/mol. The second kappa shape index (κ2) is 6.32. The Kier molecular flexibility index (Phi) is 4.66. The number of pyridine rings is 1. The minimum absolute atomic E-state index is 0.159. The van der Waals surface area contributed by atoms with Gasteiger partial charge in [0.15, 0.2) is 0 Å². The van der Waals surface area contributed by atoms with Crippen LogP contribution < -0.4 is 10.9 Å². The standard InChI is InChI=1S/C17H22N2O3/c1-11-4-5-12-9-13(16(21)19-14(12)8-11)6-7-15(20)18-10-17(2,3)22/h4-5,8-9,22H,6-7,10H2,1-3H3,(H,18,20)(H,19,21). The highest BCUT2D eigenvalue weighted by Crippen LogP contribution is 2.13. The molecule has 0 aliphatic rings. The molecule has 2 aromatic rings. The number of rotatable bonds is 5. The summed E-state index contributed by atoms with van der Waals surface area (Å²) in [6.45, 7) is 5.42. The van der Waals surface area contributed by atoms with Crippen molar-refractivity contribution >= 4 is 16.8 Å². The maximum Gasteiger partial charge on any atom is 0.251 e. The van der Waals surface area contributed by atoms with Gasteiger partial charge in [-0.15, -0.1) is 0 Å². The summed E-state index contributed by atoms with van der Waals surface area (Å²) < 4.78 is 0. The molecule has 0 bridgehead atoms. The SMILES string of the molecule is Cc1ccc2cc(CCC(=O)NCC(C)(C)O)c(=O)[nH]c2c1. The molecule has 5 nitrogen and oxygen atoms in total. The molecule has 0 fully saturated rings. The number of carbonyl (C=O) groups excluding carboxylic acids is 1.